The Morgan fingerprint density at radius 2 is 2.33 bits per heavy atom. The second-order valence-electron chi connectivity index (χ2n) is 6.57. The lowest BCUT2D eigenvalue weighted by atomic mass is 10.1. The van der Waals surface area contributed by atoms with Gasteiger partial charge in [-0.3, -0.25) is 9.58 Å². The number of carboxylic acid groups (broad SMARTS) is 1. The van der Waals surface area contributed by atoms with Crippen LogP contribution in [0, 0.1) is 0 Å². The van der Waals surface area contributed by atoms with Gasteiger partial charge in [-0.2, -0.15) is 5.10 Å². The van der Waals surface area contributed by atoms with Crippen LogP contribution >= 0.6 is 11.3 Å². The summed E-state index contributed by atoms with van der Waals surface area (Å²) in [7, 11) is 1.90. The molecule has 0 amide bonds. The first kappa shape index (κ1) is 17.8. The van der Waals surface area contributed by atoms with Crippen molar-refractivity contribution in [3.8, 4) is 10.6 Å². The third-order valence-corrected chi connectivity index (χ3v) is 5.48. The first-order valence-electron chi connectivity index (χ1n) is 8.69. The second kappa shape index (κ2) is 7.59. The number of carbonyl (C=O) groups is 1. The summed E-state index contributed by atoms with van der Waals surface area (Å²) in [5, 5.41) is 16.3. The Balaban J connectivity index is 1.44. The van der Waals surface area contributed by atoms with E-state index in [9.17, 15) is 4.79 Å². The van der Waals surface area contributed by atoms with E-state index in [1.165, 1.54) is 11.3 Å². The van der Waals surface area contributed by atoms with Crippen molar-refractivity contribution < 1.29 is 14.6 Å². The summed E-state index contributed by atoms with van der Waals surface area (Å²) in [6, 6.07) is 6.90. The van der Waals surface area contributed by atoms with E-state index >= 15 is 0 Å². The average Bonchev–Trinajstić information content (AvgIpc) is 3.31. The summed E-state index contributed by atoms with van der Waals surface area (Å²) in [4.78, 5) is 18.2. The van der Waals surface area contributed by atoms with Crippen LogP contribution in [0.15, 0.2) is 42.0 Å². The number of thiazole rings is 1. The third kappa shape index (κ3) is 4.08. The number of morpholine rings is 1. The molecule has 1 aliphatic rings. The number of nitrogens with zero attached hydrogens (tertiary/aromatic N) is 4. The van der Waals surface area contributed by atoms with Gasteiger partial charge in [-0.15, -0.1) is 11.3 Å². The smallest absolute Gasteiger partial charge is 0.335 e. The molecule has 0 spiro atoms. The summed E-state index contributed by atoms with van der Waals surface area (Å²) < 4.78 is 7.67. The highest BCUT2D eigenvalue weighted by Crippen LogP contribution is 2.27. The van der Waals surface area contributed by atoms with Crippen molar-refractivity contribution in [1.29, 1.82) is 0 Å². The molecule has 0 bridgehead atoms. The predicted molar refractivity (Wildman–Crippen MR) is 102 cm³/mol. The summed E-state index contributed by atoms with van der Waals surface area (Å²) in [6.07, 6.45) is 3.87. The van der Waals surface area contributed by atoms with Crippen LogP contribution in [0.3, 0.4) is 0 Å². The fourth-order valence-corrected chi connectivity index (χ4v) is 3.99. The second-order valence-corrected chi connectivity index (χ2v) is 7.43. The van der Waals surface area contributed by atoms with Crippen LogP contribution in [0.5, 0.6) is 0 Å². The Hall–Kier alpha value is -2.55. The van der Waals surface area contributed by atoms with Crippen molar-refractivity contribution in [3.63, 3.8) is 0 Å². The first-order chi connectivity index (χ1) is 13.1. The minimum absolute atomic E-state index is 0.0257. The van der Waals surface area contributed by atoms with Gasteiger partial charge in [0.15, 0.2) is 0 Å². The lowest BCUT2D eigenvalue weighted by Gasteiger charge is -2.32. The van der Waals surface area contributed by atoms with Gasteiger partial charge in [0.2, 0.25) is 0 Å². The van der Waals surface area contributed by atoms with Crippen LogP contribution in [0.1, 0.15) is 27.7 Å². The van der Waals surface area contributed by atoms with Crippen molar-refractivity contribution in [2.75, 3.05) is 19.7 Å². The number of aromatic nitrogens is 3. The molecule has 1 aromatic carbocycles. The molecule has 0 saturated carbocycles. The van der Waals surface area contributed by atoms with Crippen molar-refractivity contribution >= 4 is 17.3 Å². The van der Waals surface area contributed by atoms with E-state index in [0.717, 1.165) is 41.5 Å². The molecule has 27 heavy (non-hydrogen) atoms. The molecule has 1 N–H and O–H groups in total. The number of ether oxygens (including phenoxy) is 1. The molecule has 140 valence electrons. The Kier molecular flexibility index (Phi) is 5.02. The van der Waals surface area contributed by atoms with Crippen LogP contribution in [0.4, 0.5) is 0 Å². The molecule has 3 heterocycles. The van der Waals surface area contributed by atoms with Gasteiger partial charge >= 0.3 is 5.97 Å². The molecule has 2 aromatic heterocycles. The molecule has 1 atom stereocenters. The van der Waals surface area contributed by atoms with E-state index in [0.29, 0.717) is 6.61 Å². The number of aryl methyl sites for hydroxylation is 1. The van der Waals surface area contributed by atoms with Gasteiger partial charge in [0.05, 0.1) is 30.2 Å². The van der Waals surface area contributed by atoms with E-state index in [-0.39, 0.29) is 11.7 Å². The number of carboxylic acids is 1. The molecule has 4 rings (SSSR count). The highest BCUT2D eigenvalue weighted by molar-refractivity contribution is 7.13. The molecule has 8 heteroatoms. The molecular formula is C19H20N4O3S. The van der Waals surface area contributed by atoms with Crippen LogP contribution in [-0.4, -0.2) is 50.4 Å². The maximum Gasteiger partial charge on any atom is 0.335 e. The Labute approximate surface area is 160 Å². The van der Waals surface area contributed by atoms with Gasteiger partial charge < -0.3 is 9.84 Å². The van der Waals surface area contributed by atoms with E-state index in [4.69, 9.17) is 14.8 Å². The van der Waals surface area contributed by atoms with Gasteiger partial charge in [0.25, 0.3) is 0 Å². The molecule has 1 fully saturated rings. The lowest BCUT2D eigenvalue weighted by molar-refractivity contribution is -0.0332. The number of benzene rings is 1. The highest BCUT2D eigenvalue weighted by Gasteiger charge is 2.23. The van der Waals surface area contributed by atoms with Gasteiger partial charge in [0, 0.05) is 49.4 Å². The summed E-state index contributed by atoms with van der Waals surface area (Å²) in [5.41, 5.74) is 3.19. The zero-order valence-electron chi connectivity index (χ0n) is 14.9. The van der Waals surface area contributed by atoms with Gasteiger partial charge in [0.1, 0.15) is 5.01 Å². The summed E-state index contributed by atoms with van der Waals surface area (Å²) >= 11 is 1.54. The largest absolute Gasteiger partial charge is 0.478 e. The summed E-state index contributed by atoms with van der Waals surface area (Å²) in [5.74, 6) is -0.927. The Morgan fingerprint density at radius 3 is 3.11 bits per heavy atom. The molecule has 0 radical (unpaired) electrons. The first-order valence-corrected chi connectivity index (χ1v) is 9.57. The fraction of sp³-hybridized carbons (Fsp3) is 0.316. The number of hydrogen-bond donors (Lipinski definition) is 1. The normalized spacial score (nSPS) is 17.9. The van der Waals surface area contributed by atoms with Gasteiger partial charge in [-0.05, 0) is 12.1 Å². The molecule has 1 unspecified atom stereocenters. The maximum atomic E-state index is 11.2. The summed E-state index contributed by atoms with van der Waals surface area (Å²) in [6.45, 7) is 3.08. The zero-order valence-corrected chi connectivity index (χ0v) is 15.7. The SMILES string of the molecule is Cn1cc(C2CN(Cc3csc(-c4cccc(C(=O)O)c4)n3)CCO2)cn1. The Morgan fingerprint density at radius 1 is 1.44 bits per heavy atom. The molecular weight excluding hydrogens is 364 g/mol. The standard InChI is InChI=1S/C19H20N4O3S/c1-22-9-15(8-20-22)17-11-23(5-6-26-17)10-16-12-27-18(21-16)13-3-2-4-14(7-13)19(24)25/h2-4,7-9,12,17H,5-6,10-11H2,1H3,(H,24,25). The van der Waals surface area contributed by atoms with Crippen molar-refractivity contribution in [3.05, 3.63) is 58.9 Å². The molecule has 1 saturated heterocycles. The molecule has 3 aromatic rings. The fourth-order valence-electron chi connectivity index (χ4n) is 3.18. The number of hydrogen-bond acceptors (Lipinski definition) is 6. The minimum atomic E-state index is -0.927. The third-order valence-electron chi connectivity index (χ3n) is 4.54. The maximum absolute atomic E-state index is 11.2. The topological polar surface area (TPSA) is 80.5 Å². The van der Waals surface area contributed by atoms with E-state index in [2.05, 4.69) is 10.00 Å². The van der Waals surface area contributed by atoms with E-state index in [1.54, 1.807) is 22.9 Å². The average molecular weight is 384 g/mol. The lowest BCUT2D eigenvalue weighted by Crippen LogP contribution is -2.37. The van der Waals surface area contributed by atoms with Gasteiger partial charge in [-0.25, -0.2) is 9.78 Å². The van der Waals surface area contributed by atoms with Crippen LogP contribution in [0.25, 0.3) is 10.6 Å². The Bertz CT molecular complexity index is 952. The molecule has 7 nitrogen and oxygen atoms in total. The predicted octanol–water partition coefficient (Wildman–Crippen LogP) is 2.82. The molecule has 1 aliphatic heterocycles. The van der Waals surface area contributed by atoms with Crippen molar-refractivity contribution in [1.82, 2.24) is 19.7 Å². The highest BCUT2D eigenvalue weighted by atomic mass is 32.1. The van der Waals surface area contributed by atoms with Crippen molar-refractivity contribution in [2.45, 2.75) is 12.6 Å². The number of aromatic carboxylic acids is 1. The van der Waals surface area contributed by atoms with E-state index < -0.39 is 5.97 Å². The van der Waals surface area contributed by atoms with Gasteiger partial charge in [-0.1, -0.05) is 12.1 Å². The minimum Gasteiger partial charge on any atom is -0.478 e. The molecule has 0 aliphatic carbocycles. The van der Waals surface area contributed by atoms with Crippen molar-refractivity contribution in [2.24, 2.45) is 7.05 Å². The van der Waals surface area contributed by atoms with Crippen LogP contribution < -0.4 is 0 Å². The monoisotopic (exact) mass is 384 g/mol. The van der Waals surface area contributed by atoms with E-state index in [1.807, 2.05) is 30.9 Å². The quantitative estimate of drug-likeness (QED) is 0.729. The zero-order chi connectivity index (χ0) is 18.8. The van der Waals surface area contributed by atoms with Crippen LogP contribution in [0.2, 0.25) is 0 Å². The van der Waals surface area contributed by atoms with Crippen LogP contribution in [-0.2, 0) is 18.3 Å². The number of rotatable bonds is 5.